The molecule has 0 saturated heterocycles. The third-order valence-corrected chi connectivity index (χ3v) is 3.66. The van der Waals surface area contributed by atoms with Crippen molar-refractivity contribution in [2.24, 2.45) is 11.7 Å². The molecule has 21 heavy (non-hydrogen) atoms. The van der Waals surface area contributed by atoms with Crippen LogP contribution in [0.1, 0.15) is 36.2 Å². The maximum absolute atomic E-state index is 11.7. The molecule has 1 fully saturated rings. The van der Waals surface area contributed by atoms with E-state index in [0.29, 0.717) is 17.5 Å². The Balaban J connectivity index is 2.23. The summed E-state index contributed by atoms with van der Waals surface area (Å²) in [7, 11) is 0. The summed E-state index contributed by atoms with van der Waals surface area (Å²) >= 11 is 0. The second-order valence-corrected chi connectivity index (χ2v) is 5.36. The van der Waals surface area contributed by atoms with Gasteiger partial charge in [0.1, 0.15) is 0 Å². The molecule has 2 rings (SSSR count). The van der Waals surface area contributed by atoms with Crippen LogP contribution in [0.15, 0.2) is 24.8 Å². The molecule has 1 aliphatic rings. The van der Waals surface area contributed by atoms with Crippen molar-refractivity contribution >= 4 is 17.5 Å². The van der Waals surface area contributed by atoms with Gasteiger partial charge in [0.2, 0.25) is 0 Å². The smallest absolute Gasteiger partial charge is 0.319 e. The number of aromatic nitrogens is 2. The van der Waals surface area contributed by atoms with Crippen LogP contribution < -0.4 is 11.1 Å². The van der Waals surface area contributed by atoms with E-state index in [9.17, 15) is 9.59 Å². The zero-order chi connectivity index (χ0) is 15.7. The first-order chi connectivity index (χ1) is 9.81. The predicted molar refractivity (Wildman–Crippen MR) is 79.2 cm³/mol. The van der Waals surface area contributed by atoms with Crippen molar-refractivity contribution in [2.75, 3.05) is 0 Å². The number of carbonyl (C=O) groups excluding carboxylic acids is 2. The van der Waals surface area contributed by atoms with Crippen LogP contribution in [0.5, 0.6) is 0 Å². The van der Waals surface area contributed by atoms with Gasteiger partial charge in [-0.05, 0) is 43.7 Å². The molecule has 0 aromatic carbocycles. The number of nitrogens with two attached hydrogens (primary N) is 1. The molecule has 2 atom stereocenters. The molecule has 0 radical (unpaired) electrons. The van der Waals surface area contributed by atoms with E-state index >= 15 is 0 Å². The molecular weight excluding hydrogens is 268 g/mol. The van der Waals surface area contributed by atoms with Gasteiger partial charge in [-0.3, -0.25) is 10.1 Å². The number of primary amides is 1. The van der Waals surface area contributed by atoms with Gasteiger partial charge < -0.3 is 5.73 Å². The lowest BCUT2D eigenvalue weighted by Gasteiger charge is -2.08. The molecule has 6 nitrogen and oxygen atoms in total. The van der Waals surface area contributed by atoms with Gasteiger partial charge >= 0.3 is 6.03 Å². The first-order valence-corrected chi connectivity index (χ1v) is 6.61. The number of nitrogens with zero attached hydrogens (tertiary/aromatic N) is 2. The summed E-state index contributed by atoms with van der Waals surface area (Å²) in [4.78, 5) is 22.4. The van der Waals surface area contributed by atoms with Gasteiger partial charge in [0.15, 0.2) is 0 Å². The molecule has 1 saturated carbocycles. The van der Waals surface area contributed by atoms with E-state index in [4.69, 9.17) is 5.73 Å². The van der Waals surface area contributed by atoms with E-state index in [-0.39, 0.29) is 5.57 Å². The summed E-state index contributed by atoms with van der Waals surface area (Å²) in [6, 6.07) is 0.879. The maximum atomic E-state index is 11.7. The minimum Gasteiger partial charge on any atom is -0.351 e. The summed E-state index contributed by atoms with van der Waals surface area (Å²) in [6.07, 6.45) is 1.03. The van der Waals surface area contributed by atoms with Gasteiger partial charge in [0, 0.05) is 0 Å². The second-order valence-electron chi connectivity index (χ2n) is 5.36. The Morgan fingerprint density at radius 3 is 2.57 bits per heavy atom. The van der Waals surface area contributed by atoms with Crippen LogP contribution in [0.25, 0.3) is 5.57 Å². The number of urea groups is 1. The lowest BCUT2D eigenvalue weighted by molar-refractivity contribution is -0.114. The maximum Gasteiger partial charge on any atom is 0.319 e. The molecule has 0 aliphatic heterocycles. The number of nitrogens with one attached hydrogen (secondary N) is 1. The van der Waals surface area contributed by atoms with Gasteiger partial charge in [-0.2, -0.15) is 10.2 Å². The van der Waals surface area contributed by atoms with E-state index in [0.717, 1.165) is 23.3 Å². The monoisotopic (exact) mass is 286 g/mol. The Labute approximate surface area is 123 Å². The highest BCUT2D eigenvalue weighted by Crippen LogP contribution is 2.51. The lowest BCUT2D eigenvalue weighted by atomic mass is 10.0. The summed E-state index contributed by atoms with van der Waals surface area (Å²) < 4.78 is 0. The summed E-state index contributed by atoms with van der Waals surface area (Å²) in [5.74, 6) is 0.149. The van der Waals surface area contributed by atoms with Crippen LogP contribution in [0, 0.1) is 12.8 Å². The van der Waals surface area contributed by atoms with Crippen LogP contribution in [0.3, 0.4) is 0 Å². The second kappa shape index (κ2) is 5.47. The van der Waals surface area contributed by atoms with E-state index < -0.39 is 11.9 Å². The molecule has 6 heteroatoms. The van der Waals surface area contributed by atoms with Gasteiger partial charge in [-0.1, -0.05) is 18.7 Å². The molecule has 3 N–H and O–H groups in total. The quantitative estimate of drug-likeness (QED) is 0.649. The highest BCUT2D eigenvalue weighted by Gasteiger charge is 2.40. The van der Waals surface area contributed by atoms with Crippen molar-refractivity contribution in [3.8, 4) is 0 Å². The zero-order valence-corrected chi connectivity index (χ0v) is 12.1. The van der Waals surface area contributed by atoms with Crippen molar-refractivity contribution in [3.63, 3.8) is 0 Å². The third-order valence-electron chi connectivity index (χ3n) is 3.66. The summed E-state index contributed by atoms with van der Waals surface area (Å²) in [5, 5.41) is 10.0. The molecule has 3 amide bonds. The Bertz CT molecular complexity index is 651. The van der Waals surface area contributed by atoms with E-state index in [1.165, 1.54) is 0 Å². The van der Waals surface area contributed by atoms with Gasteiger partial charge in [-0.15, -0.1) is 0 Å². The van der Waals surface area contributed by atoms with Gasteiger partial charge in [-0.25, -0.2) is 4.79 Å². The van der Waals surface area contributed by atoms with Crippen molar-refractivity contribution in [3.05, 3.63) is 41.7 Å². The fraction of sp³-hybridized carbons (Fsp3) is 0.333. The number of aryl methyl sites for hydroxylation is 1. The Morgan fingerprint density at radius 1 is 1.38 bits per heavy atom. The Morgan fingerprint density at radius 2 is 2.05 bits per heavy atom. The van der Waals surface area contributed by atoms with Gasteiger partial charge in [0.25, 0.3) is 5.91 Å². The third kappa shape index (κ3) is 3.16. The van der Waals surface area contributed by atoms with Crippen molar-refractivity contribution < 1.29 is 9.59 Å². The number of carbonyl (C=O) groups is 2. The number of hydrogen-bond donors (Lipinski definition) is 2. The number of hydrogen-bond acceptors (Lipinski definition) is 4. The number of amides is 3. The molecule has 0 spiro atoms. The van der Waals surface area contributed by atoms with Crippen LogP contribution in [-0.2, 0) is 4.79 Å². The fourth-order valence-electron chi connectivity index (χ4n) is 2.38. The molecular formula is C15H18N4O2. The lowest BCUT2D eigenvalue weighted by Crippen LogP contribution is -2.35. The standard InChI is InChI=1S/C15H18N4O2/c1-7(2)10-5-12(10)11-6-13(19-18-9(11)4)8(3)14(20)17-15(16)21/h6,10,12H,1,3,5H2,2,4H3,(H3,16,17,20,21)/t10-,12?/m1/s1. The first kappa shape index (κ1) is 14.9. The highest BCUT2D eigenvalue weighted by atomic mass is 16.2. The van der Waals surface area contributed by atoms with E-state index in [2.05, 4.69) is 23.4 Å². The largest absolute Gasteiger partial charge is 0.351 e. The predicted octanol–water partition coefficient (Wildman–Crippen LogP) is 1.67. The summed E-state index contributed by atoms with van der Waals surface area (Å²) in [5.41, 5.74) is 8.34. The van der Waals surface area contributed by atoms with E-state index in [1.54, 1.807) is 6.07 Å². The van der Waals surface area contributed by atoms with E-state index in [1.807, 2.05) is 19.2 Å². The number of allylic oxidation sites excluding steroid dienone is 1. The van der Waals surface area contributed by atoms with Crippen molar-refractivity contribution in [1.82, 2.24) is 15.5 Å². The van der Waals surface area contributed by atoms with Crippen LogP contribution >= 0.6 is 0 Å². The number of imide groups is 1. The SMILES string of the molecule is C=C(C(=O)NC(N)=O)c1cc(C2C[C@@H]2C(=C)C)c(C)nn1. The fourth-order valence-corrected chi connectivity index (χ4v) is 2.38. The molecule has 1 aliphatic carbocycles. The topological polar surface area (TPSA) is 98.0 Å². The van der Waals surface area contributed by atoms with Crippen LogP contribution in [0.2, 0.25) is 0 Å². The molecule has 1 aromatic heterocycles. The van der Waals surface area contributed by atoms with Crippen LogP contribution in [0.4, 0.5) is 4.79 Å². The average molecular weight is 286 g/mol. The zero-order valence-electron chi connectivity index (χ0n) is 12.1. The molecule has 1 heterocycles. The van der Waals surface area contributed by atoms with Crippen LogP contribution in [-0.4, -0.2) is 22.1 Å². The minimum absolute atomic E-state index is 0.0649. The Hall–Kier alpha value is -2.50. The van der Waals surface area contributed by atoms with Gasteiger partial charge in [0.05, 0.1) is 17.0 Å². The number of rotatable bonds is 4. The normalized spacial score (nSPS) is 19.7. The molecule has 110 valence electrons. The summed E-state index contributed by atoms with van der Waals surface area (Å²) in [6.45, 7) is 11.5. The average Bonchev–Trinajstić information content (AvgIpc) is 3.18. The Kier molecular flexibility index (Phi) is 3.88. The highest BCUT2D eigenvalue weighted by molar-refractivity contribution is 6.22. The molecule has 1 unspecified atom stereocenters. The molecule has 1 aromatic rings. The molecule has 0 bridgehead atoms. The van der Waals surface area contributed by atoms with Crippen molar-refractivity contribution in [1.29, 1.82) is 0 Å². The minimum atomic E-state index is -0.925. The first-order valence-electron chi connectivity index (χ1n) is 6.61. The van der Waals surface area contributed by atoms with Crippen molar-refractivity contribution in [2.45, 2.75) is 26.2 Å².